The number of nitrogens with one attached hydrogen (secondary N) is 1. The fourth-order valence-corrected chi connectivity index (χ4v) is 2.11. The third-order valence-corrected chi connectivity index (χ3v) is 3.50. The van der Waals surface area contributed by atoms with Gasteiger partial charge in [0.15, 0.2) is 0 Å². The maximum absolute atomic E-state index is 5.45. The first kappa shape index (κ1) is 13.6. The van der Waals surface area contributed by atoms with Crippen LogP contribution in [0.2, 0.25) is 0 Å². The van der Waals surface area contributed by atoms with E-state index in [4.69, 9.17) is 4.74 Å². The van der Waals surface area contributed by atoms with Crippen LogP contribution < -0.4 is 10.1 Å². The Bertz CT molecular complexity index is 548. The summed E-state index contributed by atoms with van der Waals surface area (Å²) < 4.78 is 7.56. The van der Waals surface area contributed by atoms with Crippen LogP contribution in [0.15, 0.2) is 30.6 Å². The van der Waals surface area contributed by atoms with Gasteiger partial charge in [-0.15, -0.1) is 0 Å². The largest absolute Gasteiger partial charge is 0.496 e. The molecule has 102 valence electrons. The van der Waals surface area contributed by atoms with Crippen molar-refractivity contribution in [1.82, 2.24) is 14.9 Å². The molecule has 0 aliphatic carbocycles. The van der Waals surface area contributed by atoms with E-state index in [-0.39, 0.29) is 0 Å². The van der Waals surface area contributed by atoms with Crippen molar-refractivity contribution < 1.29 is 4.74 Å². The minimum Gasteiger partial charge on any atom is -0.496 e. The van der Waals surface area contributed by atoms with Crippen molar-refractivity contribution in [2.75, 3.05) is 14.2 Å². The fraction of sp³-hybridized carbons (Fsp3) is 0.400. The van der Waals surface area contributed by atoms with Gasteiger partial charge in [-0.3, -0.25) is 0 Å². The molecule has 1 aromatic carbocycles. The van der Waals surface area contributed by atoms with E-state index >= 15 is 0 Å². The van der Waals surface area contributed by atoms with Crippen molar-refractivity contribution in [3.8, 4) is 5.75 Å². The van der Waals surface area contributed by atoms with Gasteiger partial charge in [0.1, 0.15) is 11.6 Å². The molecule has 0 aliphatic rings. The molecule has 1 aromatic heterocycles. The Kier molecular flexibility index (Phi) is 4.22. The van der Waals surface area contributed by atoms with Crippen LogP contribution in [0.5, 0.6) is 5.75 Å². The first-order chi connectivity index (χ1) is 9.15. The lowest BCUT2D eigenvalue weighted by Crippen LogP contribution is -2.13. The van der Waals surface area contributed by atoms with Crippen molar-refractivity contribution in [3.05, 3.63) is 47.5 Å². The van der Waals surface area contributed by atoms with Crippen LogP contribution in [0, 0.1) is 6.92 Å². The molecule has 1 atom stereocenters. The minimum absolute atomic E-state index is 0.327. The van der Waals surface area contributed by atoms with Gasteiger partial charge in [0.25, 0.3) is 0 Å². The molecule has 0 fully saturated rings. The third-order valence-electron chi connectivity index (χ3n) is 3.50. The molecule has 4 heteroatoms. The number of methoxy groups -OCH3 is 1. The van der Waals surface area contributed by atoms with Crippen molar-refractivity contribution in [2.24, 2.45) is 0 Å². The Morgan fingerprint density at radius 2 is 2.21 bits per heavy atom. The number of hydrogen-bond donors (Lipinski definition) is 1. The van der Waals surface area contributed by atoms with Gasteiger partial charge in [-0.25, -0.2) is 4.98 Å². The van der Waals surface area contributed by atoms with E-state index in [0.29, 0.717) is 6.04 Å². The highest BCUT2D eigenvalue weighted by Gasteiger charge is 2.09. The number of rotatable bonds is 5. The zero-order valence-electron chi connectivity index (χ0n) is 12.0. The third kappa shape index (κ3) is 2.96. The lowest BCUT2D eigenvalue weighted by atomic mass is 10.0. The summed E-state index contributed by atoms with van der Waals surface area (Å²) in [5.74, 6) is 1.93. The van der Waals surface area contributed by atoms with E-state index < -0.39 is 0 Å². The Morgan fingerprint density at radius 1 is 1.42 bits per heavy atom. The number of aromatic nitrogens is 2. The van der Waals surface area contributed by atoms with Crippen LogP contribution >= 0.6 is 0 Å². The van der Waals surface area contributed by atoms with E-state index in [0.717, 1.165) is 18.1 Å². The summed E-state index contributed by atoms with van der Waals surface area (Å²) in [6.45, 7) is 4.93. The zero-order chi connectivity index (χ0) is 13.8. The van der Waals surface area contributed by atoms with Gasteiger partial charge in [-0.1, -0.05) is 6.07 Å². The van der Waals surface area contributed by atoms with Crippen molar-refractivity contribution >= 4 is 0 Å². The Hall–Kier alpha value is -1.81. The summed E-state index contributed by atoms with van der Waals surface area (Å²) in [6, 6.07) is 6.66. The molecule has 1 N–H and O–H groups in total. The van der Waals surface area contributed by atoms with Gasteiger partial charge in [-0.2, -0.15) is 0 Å². The van der Waals surface area contributed by atoms with Crippen LogP contribution in [0.25, 0.3) is 0 Å². The lowest BCUT2D eigenvalue weighted by molar-refractivity contribution is 0.407. The second kappa shape index (κ2) is 5.89. The minimum atomic E-state index is 0.327. The van der Waals surface area contributed by atoms with Crippen LogP contribution in [-0.4, -0.2) is 23.7 Å². The molecule has 0 aliphatic heterocycles. The summed E-state index contributed by atoms with van der Waals surface area (Å²) in [5, 5.41) is 3.26. The highest BCUT2D eigenvalue weighted by molar-refractivity contribution is 5.38. The molecule has 4 nitrogen and oxygen atoms in total. The van der Waals surface area contributed by atoms with Crippen LogP contribution in [0.1, 0.15) is 29.9 Å². The van der Waals surface area contributed by atoms with E-state index in [1.165, 1.54) is 11.1 Å². The maximum atomic E-state index is 5.45. The van der Waals surface area contributed by atoms with Crippen LogP contribution in [-0.2, 0) is 6.54 Å². The average molecular weight is 259 g/mol. The molecule has 0 bridgehead atoms. The summed E-state index contributed by atoms with van der Waals surface area (Å²) in [7, 11) is 3.68. The molecular formula is C15H21N3O. The van der Waals surface area contributed by atoms with E-state index in [9.17, 15) is 0 Å². The average Bonchev–Trinajstić information content (AvgIpc) is 2.83. The number of aryl methyl sites for hydroxylation is 1. The van der Waals surface area contributed by atoms with Crippen molar-refractivity contribution in [1.29, 1.82) is 0 Å². The molecule has 2 rings (SSSR count). The van der Waals surface area contributed by atoms with E-state index in [1.54, 1.807) is 7.11 Å². The topological polar surface area (TPSA) is 39.1 Å². The number of hydrogen-bond acceptors (Lipinski definition) is 3. The molecule has 0 saturated heterocycles. The number of benzene rings is 1. The first-order valence-electron chi connectivity index (χ1n) is 6.47. The molecule has 0 amide bonds. The predicted octanol–water partition coefficient (Wildman–Crippen LogP) is 2.53. The molecule has 0 radical (unpaired) electrons. The predicted molar refractivity (Wildman–Crippen MR) is 76.5 cm³/mol. The van der Waals surface area contributed by atoms with Crippen molar-refractivity contribution in [2.45, 2.75) is 26.4 Å². The van der Waals surface area contributed by atoms with Gasteiger partial charge in [-0.05, 0) is 38.6 Å². The second-order valence-electron chi connectivity index (χ2n) is 4.68. The molecule has 1 heterocycles. The number of ether oxygens (including phenoxy) is 1. The molecule has 2 aromatic rings. The fourth-order valence-electron chi connectivity index (χ4n) is 2.11. The van der Waals surface area contributed by atoms with Crippen LogP contribution in [0.4, 0.5) is 0 Å². The highest BCUT2D eigenvalue weighted by atomic mass is 16.5. The van der Waals surface area contributed by atoms with Gasteiger partial charge in [0.05, 0.1) is 13.7 Å². The van der Waals surface area contributed by atoms with Crippen molar-refractivity contribution in [3.63, 3.8) is 0 Å². The molecule has 1 unspecified atom stereocenters. The number of nitrogens with zero attached hydrogens (tertiary/aromatic N) is 2. The standard InChI is InChI=1S/C15H21N3O/c1-11(16-3)13-5-6-15(19-4)14(9-13)10-18-8-7-17-12(18)2/h5-9,11,16H,10H2,1-4H3. The summed E-state index contributed by atoms with van der Waals surface area (Å²) >= 11 is 0. The van der Waals surface area contributed by atoms with Gasteiger partial charge >= 0.3 is 0 Å². The smallest absolute Gasteiger partial charge is 0.123 e. The lowest BCUT2D eigenvalue weighted by Gasteiger charge is -2.15. The molecule has 0 spiro atoms. The monoisotopic (exact) mass is 259 g/mol. The summed E-state index contributed by atoms with van der Waals surface area (Å²) in [6.07, 6.45) is 3.81. The van der Waals surface area contributed by atoms with Gasteiger partial charge in [0, 0.05) is 24.0 Å². The SMILES string of the molecule is CNC(C)c1ccc(OC)c(Cn2ccnc2C)c1. The first-order valence-corrected chi connectivity index (χ1v) is 6.47. The summed E-state index contributed by atoms with van der Waals surface area (Å²) in [4.78, 5) is 4.25. The van der Waals surface area contributed by atoms with Gasteiger partial charge in [0.2, 0.25) is 0 Å². The van der Waals surface area contributed by atoms with E-state index in [2.05, 4.69) is 33.9 Å². The Morgan fingerprint density at radius 3 is 2.79 bits per heavy atom. The molecule has 0 saturated carbocycles. The van der Waals surface area contributed by atoms with E-state index in [1.807, 2.05) is 32.4 Å². The highest BCUT2D eigenvalue weighted by Crippen LogP contribution is 2.24. The Labute approximate surface area is 114 Å². The summed E-state index contributed by atoms with van der Waals surface area (Å²) in [5.41, 5.74) is 2.43. The van der Waals surface area contributed by atoms with Gasteiger partial charge < -0.3 is 14.6 Å². The molecular weight excluding hydrogens is 238 g/mol. The molecule has 19 heavy (non-hydrogen) atoms. The quantitative estimate of drug-likeness (QED) is 0.897. The number of imidazole rings is 1. The normalized spacial score (nSPS) is 12.4. The maximum Gasteiger partial charge on any atom is 0.123 e. The zero-order valence-corrected chi connectivity index (χ0v) is 12.0. The Balaban J connectivity index is 2.34. The second-order valence-corrected chi connectivity index (χ2v) is 4.68. The van der Waals surface area contributed by atoms with Crippen LogP contribution in [0.3, 0.4) is 0 Å².